The van der Waals surface area contributed by atoms with E-state index < -0.39 is 6.10 Å². The third-order valence-electron chi connectivity index (χ3n) is 4.37. The minimum Gasteiger partial charge on any atom is -0.490 e. The molecule has 1 amide bonds. The molecule has 0 aromatic heterocycles. The number of amides is 1. The molecule has 0 fully saturated rings. The highest BCUT2D eigenvalue weighted by atomic mass is 16.5. The van der Waals surface area contributed by atoms with Crippen LogP contribution in [0.15, 0.2) is 12.1 Å². The fraction of sp³-hybridized carbons (Fsp3) is 0.562. The zero-order chi connectivity index (χ0) is 14.1. The maximum atomic E-state index is 11.3. The standard InChI is InChI=1S/C16H21NO3/c1-2-14(19)17-8-7-11-4-3-10-5-6-13-16(15(10)11)12(18)9-20-13/h5-6,11-12,18H,2-4,7-9H2,1H3,(H,17,19)/t11-,12?/m0/s1. The molecule has 1 aliphatic heterocycles. The van der Waals surface area contributed by atoms with Crippen molar-refractivity contribution in [3.63, 3.8) is 0 Å². The molecule has 2 N–H and O–H groups in total. The topological polar surface area (TPSA) is 58.6 Å². The second-order valence-electron chi connectivity index (χ2n) is 5.60. The minimum atomic E-state index is -0.495. The summed E-state index contributed by atoms with van der Waals surface area (Å²) in [5, 5.41) is 13.1. The largest absolute Gasteiger partial charge is 0.490 e. The first-order valence-corrected chi connectivity index (χ1v) is 7.44. The molecule has 1 aromatic rings. The van der Waals surface area contributed by atoms with Crippen molar-refractivity contribution in [1.82, 2.24) is 5.32 Å². The maximum absolute atomic E-state index is 11.3. The third-order valence-corrected chi connectivity index (χ3v) is 4.37. The quantitative estimate of drug-likeness (QED) is 0.884. The van der Waals surface area contributed by atoms with Crippen LogP contribution in [0.3, 0.4) is 0 Å². The molecule has 0 bridgehead atoms. The number of aliphatic hydroxyl groups excluding tert-OH is 1. The van der Waals surface area contributed by atoms with Gasteiger partial charge < -0.3 is 15.2 Å². The molecular formula is C16H21NO3. The van der Waals surface area contributed by atoms with Crippen LogP contribution in [0.5, 0.6) is 5.75 Å². The van der Waals surface area contributed by atoms with E-state index in [0.717, 1.165) is 30.6 Å². The van der Waals surface area contributed by atoms with Gasteiger partial charge in [-0.2, -0.15) is 0 Å². The van der Waals surface area contributed by atoms with Crippen molar-refractivity contribution < 1.29 is 14.6 Å². The molecule has 0 radical (unpaired) electrons. The van der Waals surface area contributed by atoms with Gasteiger partial charge in [-0.05, 0) is 42.4 Å². The summed E-state index contributed by atoms with van der Waals surface area (Å²) in [5.41, 5.74) is 3.60. The first-order valence-electron chi connectivity index (χ1n) is 7.44. The minimum absolute atomic E-state index is 0.102. The van der Waals surface area contributed by atoms with Gasteiger partial charge in [0.1, 0.15) is 18.5 Å². The smallest absolute Gasteiger partial charge is 0.219 e. The van der Waals surface area contributed by atoms with Gasteiger partial charge in [-0.3, -0.25) is 4.79 Å². The van der Waals surface area contributed by atoms with Crippen LogP contribution in [0, 0.1) is 0 Å². The molecule has 1 heterocycles. The second-order valence-corrected chi connectivity index (χ2v) is 5.60. The van der Waals surface area contributed by atoms with Gasteiger partial charge in [-0.15, -0.1) is 0 Å². The molecule has 0 saturated carbocycles. The number of aryl methyl sites for hydroxylation is 1. The molecule has 3 rings (SSSR count). The van der Waals surface area contributed by atoms with Crippen LogP contribution in [-0.4, -0.2) is 24.2 Å². The molecule has 1 unspecified atom stereocenters. The first kappa shape index (κ1) is 13.4. The molecule has 4 heteroatoms. The number of nitrogens with one attached hydrogen (secondary N) is 1. The van der Waals surface area contributed by atoms with Crippen molar-refractivity contribution in [3.05, 3.63) is 28.8 Å². The predicted molar refractivity (Wildman–Crippen MR) is 75.9 cm³/mol. The van der Waals surface area contributed by atoms with E-state index in [1.807, 2.05) is 13.0 Å². The van der Waals surface area contributed by atoms with Crippen molar-refractivity contribution in [1.29, 1.82) is 0 Å². The molecule has 20 heavy (non-hydrogen) atoms. The summed E-state index contributed by atoms with van der Waals surface area (Å²) < 4.78 is 5.52. The number of benzene rings is 1. The van der Waals surface area contributed by atoms with Gasteiger partial charge >= 0.3 is 0 Å². The number of rotatable bonds is 4. The fourth-order valence-electron chi connectivity index (χ4n) is 3.36. The lowest BCUT2D eigenvalue weighted by Gasteiger charge is -2.16. The summed E-state index contributed by atoms with van der Waals surface area (Å²) in [4.78, 5) is 11.3. The van der Waals surface area contributed by atoms with Crippen molar-refractivity contribution in [3.8, 4) is 5.75 Å². The average molecular weight is 275 g/mol. The van der Waals surface area contributed by atoms with Gasteiger partial charge in [0, 0.05) is 18.5 Å². The second kappa shape index (κ2) is 5.44. The Balaban J connectivity index is 1.76. The summed E-state index contributed by atoms with van der Waals surface area (Å²) in [7, 11) is 0. The summed E-state index contributed by atoms with van der Waals surface area (Å²) in [6.07, 6.45) is 3.12. The van der Waals surface area contributed by atoms with Crippen LogP contribution in [0.4, 0.5) is 0 Å². The number of hydrogen-bond donors (Lipinski definition) is 2. The van der Waals surface area contributed by atoms with Crippen LogP contribution in [0.25, 0.3) is 0 Å². The Hall–Kier alpha value is -1.55. The van der Waals surface area contributed by atoms with Crippen molar-refractivity contribution in [2.45, 2.75) is 44.6 Å². The van der Waals surface area contributed by atoms with E-state index in [2.05, 4.69) is 11.4 Å². The Labute approximate surface area is 119 Å². The Kier molecular flexibility index (Phi) is 3.66. The van der Waals surface area contributed by atoms with Crippen LogP contribution < -0.4 is 10.1 Å². The summed E-state index contributed by atoms with van der Waals surface area (Å²) >= 11 is 0. The zero-order valence-corrected chi connectivity index (χ0v) is 11.8. The molecule has 0 spiro atoms. The van der Waals surface area contributed by atoms with Gasteiger partial charge in [0.2, 0.25) is 5.91 Å². The Morgan fingerprint density at radius 1 is 1.45 bits per heavy atom. The monoisotopic (exact) mass is 275 g/mol. The van der Waals surface area contributed by atoms with Gasteiger partial charge in [0.25, 0.3) is 0 Å². The van der Waals surface area contributed by atoms with E-state index in [-0.39, 0.29) is 5.91 Å². The van der Waals surface area contributed by atoms with Gasteiger partial charge in [0.05, 0.1) is 0 Å². The van der Waals surface area contributed by atoms with E-state index in [1.54, 1.807) is 0 Å². The van der Waals surface area contributed by atoms with E-state index in [1.165, 1.54) is 11.1 Å². The van der Waals surface area contributed by atoms with Crippen LogP contribution in [0.2, 0.25) is 0 Å². The van der Waals surface area contributed by atoms with Gasteiger partial charge in [-0.25, -0.2) is 0 Å². The van der Waals surface area contributed by atoms with E-state index in [9.17, 15) is 9.90 Å². The summed E-state index contributed by atoms with van der Waals surface area (Å²) in [5.74, 6) is 1.36. The number of ether oxygens (including phenoxy) is 1. The fourth-order valence-corrected chi connectivity index (χ4v) is 3.36. The molecule has 2 aliphatic rings. The highest BCUT2D eigenvalue weighted by Gasteiger charge is 2.33. The lowest BCUT2D eigenvalue weighted by molar-refractivity contribution is -0.120. The molecule has 1 aliphatic carbocycles. The third kappa shape index (κ3) is 2.29. The Morgan fingerprint density at radius 3 is 3.10 bits per heavy atom. The van der Waals surface area contributed by atoms with Crippen molar-refractivity contribution >= 4 is 5.91 Å². The van der Waals surface area contributed by atoms with Crippen molar-refractivity contribution in [2.75, 3.05) is 13.2 Å². The Bertz CT molecular complexity index is 527. The lowest BCUT2D eigenvalue weighted by Crippen LogP contribution is -2.24. The van der Waals surface area contributed by atoms with Gasteiger partial charge in [-0.1, -0.05) is 13.0 Å². The first-order chi connectivity index (χ1) is 9.70. The summed E-state index contributed by atoms with van der Waals surface area (Å²) in [6.45, 7) is 2.93. The number of fused-ring (bicyclic) bond motifs is 3. The van der Waals surface area contributed by atoms with E-state index in [0.29, 0.717) is 25.5 Å². The van der Waals surface area contributed by atoms with Crippen LogP contribution >= 0.6 is 0 Å². The molecule has 108 valence electrons. The number of aliphatic hydroxyl groups is 1. The van der Waals surface area contributed by atoms with E-state index >= 15 is 0 Å². The van der Waals surface area contributed by atoms with E-state index in [4.69, 9.17) is 4.74 Å². The molecule has 1 aromatic carbocycles. The summed E-state index contributed by atoms with van der Waals surface area (Å²) in [6, 6.07) is 4.10. The number of hydrogen-bond acceptors (Lipinski definition) is 3. The highest BCUT2D eigenvalue weighted by Crippen LogP contribution is 2.46. The highest BCUT2D eigenvalue weighted by molar-refractivity contribution is 5.75. The van der Waals surface area contributed by atoms with Crippen molar-refractivity contribution in [2.24, 2.45) is 0 Å². The average Bonchev–Trinajstić information content (AvgIpc) is 3.03. The molecular weight excluding hydrogens is 254 g/mol. The van der Waals surface area contributed by atoms with Crippen LogP contribution in [0.1, 0.15) is 54.9 Å². The maximum Gasteiger partial charge on any atom is 0.219 e. The SMILES string of the molecule is CCC(=O)NCC[C@@H]1CCc2ccc3c(c21)C(O)CO3. The number of carbonyl (C=O) groups is 1. The Morgan fingerprint density at radius 2 is 2.30 bits per heavy atom. The van der Waals surface area contributed by atoms with Gasteiger partial charge in [0.15, 0.2) is 0 Å². The molecule has 4 nitrogen and oxygen atoms in total. The predicted octanol–water partition coefficient (Wildman–Crippen LogP) is 2.06. The normalized spacial score (nSPS) is 23.1. The zero-order valence-electron chi connectivity index (χ0n) is 11.8. The number of carbonyl (C=O) groups excluding carboxylic acids is 1. The molecule has 2 atom stereocenters. The molecule has 0 saturated heterocycles. The lowest BCUT2D eigenvalue weighted by atomic mass is 9.91. The van der Waals surface area contributed by atoms with Crippen LogP contribution in [-0.2, 0) is 11.2 Å².